The van der Waals surface area contributed by atoms with Crippen LogP contribution >= 0.6 is 0 Å². The second-order valence-corrected chi connectivity index (χ2v) is 6.76. The topological polar surface area (TPSA) is 44.3 Å². The zero-order valence-corrected chi connectivity index (χ0v) is 11.5. The van der Waals surface area contributed by atoms with E-state index in [-0.39, 0.29) is 0 Å². The molecule has 2 aliphatic carbocycles. The SMILES string of the molecule is OCCC1(CNC2CCCC2C2CCCN2)CC1. The molecule has 0 aromatic heterocycles. The molecule has 3 atom stereocenters. The number of nitrogens with one attached hydrogen (secondary N) is 2. The van der Waals surface area contributed by atoms with Crippen molar-refractivity contribution in [2.45, 2.75) is 63.5 Å². The van der Waals surface area contributed by atoms with E-state index in [1.54, 1.807) is 0 Å². The van der Waals surface area contributed by atoms with E-state index in [9.17, 15) is 0 Å². The molecule has 1 aliphatic heterocycles. The van der Waals surface area contributed by atoms with E-state index < -0.39 is 0 Å². The third-order valence-electron chi connectivity index (χ3n) is 5.52. The van der Waals surface area contributed by atoms with Gasteiger partial charge in [0.05, 0.1) is 0 Å². The lowest BCUT2D eigenvalue weighted by atomic mass is 9.92. The van der Waals surface area contributed by atoms with Crippen LogP contribution in [0.5, 0.6) is 0 Å². The van der Waals surface area contributed by atoms with Crippen molar-refractivity contribution in [2.75, 3.05) is 19.7 Å². The molecular formula is C15H28N2O. The largest absolute Gasteiger partial charge is 0.396 e. The van der Waals surface area contributed by atoms with Crippen LogP contribution in [0.25, 0.3) is 0 Å². The van der Waals surface area contributed by atoms with Crippen LogP contribution in [0.3, 0.4) is 0 Å². The lowest BCUT2D eigenvalue weighted by Gasteiger charge is -2.28. The molecule has 3 aliphatic rings. The maximum Gasteiger partial charge on any atom is 0.0436 e. The molecule has 104 valence electrons. The first-order chi connectivity index (χ1) is 8.83. The van der Waals surface area contributed by atoms with Crippen molar-refractivity contribution < 1.29 is 5.11 Å². The lowest BCUT2D eigenvalue weighted by Crippen LogP contribution is -2.44. The van der Waals surface area contributed by atoms with Gasteiger partial charge in [-0.2, -0.15) is 0 Å². The average Bonchev–Trinajstić information content (AvgIpc) is 2.86. The maximum atomic E-state index is 9.12. The minimum absolute atomic E-state index is 0.361. The predicted octanol–water partition coefficient (Wildman–Crippen LogP) is 1.66. The van der Waals surface area contributed by atoms with Gasteiger partial charge in [-0.1, -0.05) is 6.42 Å². The van der Waals surface area contributed by atoms with Gasteiger partial charge in [-0.15, -0.1) is 0 Å². The highest BCUT2D eigenvalue weighted by molar-refractivity contribution is 4.98. The summed E-state index contributed by atoms with van der Waals surface area (Å²) in [7, 11) is 0. The van der Waals surface area contributed by atoms with Gasteiger partial charge >= 0.3 is 0 Å². The Morgan fingerprint density at radius 2 is 2.06 bits per heavy atom. The smallest absolute Gasteiger partial charge is 0.0436 e. The summed E-state index contributed by atoms with van der Waals surface area (Å²) < 4.78 is 0. The van der Waals surface area contributed by atoms with Crippen LogP contribution < -0.4 is 10.6 Å². The summed E-state index contributed by atoms with van der Waals surface area (Å²) in [5.41, 5.74) is 0.463. The molecular weight excluding hydrogens is 224 g/mol. The second kappa shape index (κ2) is 5.48. The molecule has 3 fully saturated rings. The Labute approximate surface area is 111 Å². The van der Waals surface area contributed by atoms with Crippen LogP contribution in [0.2, 0.25) is 0 Å². The molecule has 0 aromatic rings. The van der Waals surface area contributed by atoms with Crippen LogP contribution in [0.15, 0.2) is 0 Å². The summed E-state index contributed by atoms with van der Waals surface area (Å²) in [6.45, 7) is 2.73. The van der Waals surface area contributed by atoms with Crippen molar-refractivity contribution in [3.05, 3.63) is 0 Å². The van der Waals surface area contributed by atoms with Gasteiger partial charge in [-0.3, -0.25) is 0 Å². The molecule has 3 rings (SSSR count). The van der Waals surface area contributed by atoms with E-state index in [0.717, 1.165) is 31.0 Å². The number of hydrogen-bond acceptors (Lipinski definition) is 3. The Morgan fingerprint density at radius 1 is 1.17 bits per heavy atom. The fourth-order valence-corrected chi connectivity index (χ4v) is 4.08. The predicted molar refractivity (Wildman–Crippen MR) is 73.5 cm³/mol. The summed E-state index contributed by atoms with van der Waals surface area (Å²) in [6, 6.07) is 1.51. The van der Waals surface area contributed by atoms with Crippen LogP contribution in [0, 0.1) is 11.3 Å². The van der Waals surface area contributed by atoms with Crippen molar-refractivity contribution in [3.63, 3.8) is 0 Å². The maximum absolute atomic E-state index is 9.12. The molecule has 0 bridgehead atoms. The third-order valence-corrected chi connectivity index (χ3v) is 5.52. The molecule has 3 nitrogen and oxygen atoms in total. The van der Waals surface area contributed by atoms with Gasteiger partial charge in [-0.25, -0.2) is 0 Å². The minimum atomic E-state index is 0.361. The zero-order chi connectivity index (χ0) is 12.4. The molecule has 18 heavy (non-hydrogen) atoms. The van der Waals surface area contributed by atoms with Gasteiger partial charge < -0.3 is 15.7 Å². The molecule has 0 aromatic carbocycles. The van der Waals surface area contributed by atoms with Crippen LogP contribution in [0.4, 0.5) is 0 Å². The first kappa shape index (κ1) is 12.9. The van der Waals surface area contributed by atoms with Gasteiger partial charge in [0.15, 0.2) is 0 Å². The normalized spacial score (nSPS) is 38.2. The van der Waals surface area contributed by atoms with Crippen molar-refractivity contribution in [3.8, 4) is 0 Å². The highest BCUT2D eigenvalue weighted by Crippen LogP contribution is 2.48. The highest BCUT2D eigenvalue weighted by atomic mass is 16.3. The summed E-state index contributed by atoms with van der Waals surface area (Å²) in [5.74, 6) is 0.859. The quantitative estimate of drug-likeness (QED) is 0.673. The van der Waals surface area contributed by atoms with E-state index in [0.29, 0.717) is 12.0 Å². The van der Waals surface area contributed by atoms with Gasteiger partial charge in [0.2, 0.25) is 0 Å². The van der Waals surface area contributed by atoms with Crippen LogP contribution in [0.1, 0.15) is 51.4 Å². The summed E-state index contributed by atoms with van der Waals surface area (Å²) in [4.78, 5) is 0. The Bertz CT molecular complexity index is 272. The summed E-state index contributed by atoms with van der Waals surface area (Å²) in [6.07, 6.45) is 10.5. The van der Waals surface area contributed by atoms with Crippen LogP contribution in [-0.4, -0.2) is 36.9 Å². The summed E-state index contributed by atoms with van der Waals surface area (Å²) >= 11 is 0. The van der Waals surface area contributed by atoms with Crippen molar-refractivity contribution in [1.82, 2.24) is 10.6 Å². The first-order valence-electron chi connectivity index (χ1n) is 7.91. The van der Waals surface area contributed by atoms with Gasteiger partial charge in [0.1, 0.15) is 0 Å². The molecule has 0 spiro atoms. The molecule has 3 heteroatoms. The Kier molecular flexibility index (Phi) is 3.92. The van der Waals surface area contributed by atoms with Gasteiger partial charge in [-0.05, 0) is 62.8 Å². The van der Waals surface area contributed by atoms with E-state index >= 15 is 0 Å². The fourth-order valence-electron chi connectivity index (χ4n) is 4.08. The fraction of sp³-hybridized carbons (Fsp3) is 1.00. The number of aliphatic hydroxyl groups excluding tert-OH is 1. The van der Waals surface area contributed by atoms with Crippen LogP contribution in [-0.2, 0) is 0 Å². The minimum Gasteiger partial charge on any atom is -0.396 e. The molecule has 2 saturated carbocycles. The number of hydrogen-bond donors (Lipinski definition) is 3. The van der Waals surface area contributed by atoms with Crippen molar-refractivity contribution >= 4 is 0 Å². The molecule has 3 unspecified atom stereocenters. The zero-order valence-electron chi connectivity index (χ0n) is 11.5. The van der Waals surface area contributed by atoms with E-state index in [1.165, 1.54) is 51.5 Å². The average molecular weight is 252 g/mol. The van der Waals surface area contributed by atoms with Gasteiger partial charge in [0.25, 0.3) is 0 Å². The number of aliphatic hydroxyl groups is 1. The Morgan fingerprint density at radius 3 is 2.72 bits per heavy atom. The molecule has 1 saturated heterocycles. The van der Waals surface area contributed by atoms with Crippen molar-refractivity contribution in [2.24, 2.45) is 11.3 Å². The molecule has 0 radical (unpaired) electrons. The summed E-state index contributed by atoms with van der Waals surface area (Å²) in [5, 5.41) is 16.7. The third kappa shape index (κ3) is 2.73. The van der Waals surface area contributed by atoms with Gasteiger partial charge in [0, 0.05) is 25.2 Å². The van der Waals surface area contributed by atoms with E-state index in [1.807, 2.05) is 0 Å². The van der Waals surface area contributed by atoms with Crippen molar-refractivity contribution in [1.29, 1.82) is 0 Å². The second-order valence-electron chi connectivity index (χ2n) is 6.76. The Balaban J connectivity index is 1.49. The van der Waals surface area contributed by atoms with E-state index in [2.05, 4.69) is 10.6 Å². The highest BCUT2D eigenvalue weighted by Gasteiger charge is 2.43. The molecule has 3 N–H and O–H groups in total. The first-order valence-corrected chi connectivity index (χ1v) is 7.91. The Hall–Kier alpha value is -0.120. The van der Waals surface area contributed by atoms with E-state index in [4.69, 9.17) is 5.11 Å². The monoisotopic (exact) mass is 252 g/mol. The lowest BCUT2D eigenvalue weighted by molar-refractivity contribution is 0.234. The standard InChI is InChI=1S/C15H28N2O/c18-10-8-15(6-7-15)11-17-14-4-1-3-12(14)13-5-2-9-16-13/h12-14,16-18H,1-11H2. The number of rotatable bonds is 6. The molecule has 0 amide bonds. The molecule has 1 heterocycles.